The first-order valence-corrected chi connectivity index (χ1v) is 7.84. The van der Waals surface area contributed by atoms with E-state index in [4.69, 9.17) is 14.3 Å². The number of aliphatic carboxylic acids is 1. The lowest BCUT2D eigenvalue weighted by Crippen LogP contribution is -2.11. The molecule has 1 heterocycles. The molecule has 2 rings (SSSR count). The number of ether oxygens (including phenoxy) is 1. The lowest BCUT2D eigenvalue weighted by molar-refractivity contribution is -0.137. The molecule has 0 fully saturated rings. The average Bonchev–Trinajstić information content (AvgIpc) is 3.05. The zero-order chi connectivity index (χ0) is 17.2. The minimum atomic E-state index is -0.836. The third-order valence-corrected chi connectivity index (χ3v) is 3.35. The molecule has 0 unspecified atom stereocenters. The maximum atomic E-state index is 11.8. The SMILES string of the molecule is O=C(O)CCCCC(=O)Nc1cccc(COCc2ccco2)c1. The first kappa shape index (κ1) is 17.7. The molecule has 2 aromatic rings. The molecule has 6 heteroatoms. The molecule has 6 nitrogen and oxygen atoms in total. The summed E-state index contributed by atoms with van der Waals surface area (Å²) in [5.74, 6) is -0.187. The summed E-state index contributed by atoms with van der Waals surface area (Å²) in [5.41, 5.74) is 1.66. The Labute approximate surface area is 140 Å². The van der Waals surface area contributed by atoms with Crippen LogP contribution in [0.25, 0.3) is 0 Å². The van der Waals surface area contributed by atoms with Crippen molar-refractivity contribution in [3.05, 3.63) is 54.0 Å². The van der Waals surface area contributed by atoms with E-state index in [2.05, 4.69) is 5.32 Å². The average molecular weight is 331 g/mol. The molecule has 0 saturated heterocycles. The van der Waals surface area contributed by atoms with Crippen molar-refractivity contribution in [1.29, 1.82) is 0 Å². The van der Waals surface area contributed by atoms with Crippen molar-refractivity contribution in [1.82, 2.24) is 0 Å². The lowest BCUT2D eigenvalue weighted by Gasteiger charge is -2.08. The van der Waals surface area contributed by atoms with Crippen LogP contribution < -0.4 is 5.32 Å². The number of unbranched alkanes of at least 4 members (excludes halogenated alkanes) is 1. The molecule has 0 aliphatic heterocycles. The van der Waals surface area contributed by atoms with Crippen molar-refractivity contribution in [2.75, 3.05) is 5.32 Å². The van der Waals surface area contributed by atoms with Gasteiger partial charge in [0, 0.05) is 18.5 Å². The number of hydrogen-bond acceptors (Lipinski definition) is 4. The van der Waals surface area contributed by atoms with Crippen LogP contribution >= 0.6 is 0 Å². The van der Waals surface area contributed by atoms with E-state index >= 15 is 0 Å². The van der Waals surface area contributed by atoms with E-state index < -0.39 is 5.97 Å². The van der Waals surface area contributed by atoms with E-state index in [1.807, 2.05) is 36.4 Å². The normalized spacial score (nSPS) is 10.5. The summed E-state index contributed by atoms with van der Waals surface area (Å²) >= 11 is 0. The molecule has 0 bridgehead atoms. The van der Waals surface area contributed by atoms with Gasteiger partial charge in [0.05, 0.1) is 12.9 Å². The zero-order valence-corrected chi connectivity index (χ0v) is 13.4. The Balaban J connectivity index is 1.73. The van der Waals surface area contributed by atoms with E-state index in [1.54, 1.807) is 6.26 Å². The molecule has 0 atom stereocenters. The van der Waals surface area contributed by atoms with Crippen molar-refractivity contribution in [3.63, 3.8) is 0 Å². The minimum absolute atomic E-state index is 0.0930. The Morgan fingerprint density at radius 2 is 1.92 bits per heavy atom. The number of amides is 1. The second-order valence-corrected chi connectivity index (χ2v) is 5.42. The zero-order valence-electron chi connectivity index (χ0n) is 13.4. The van der Waals surface area contributed by atoms with Gasteiger partial charge in [0.1, 0.15) is 12.4 Å². The molecule has 24 heavy (non-hydrogen) atoms. The van der Waals surface area contributed by atoms with Crippen molar-refractivity contribution in [2.45, 2.75) is 38.9 Å². The van der Waals surface area contributed by atoms with Gasteiger partial charge in [-0.25, -0.2) is 0 Å². The Bertz CT molecular complexity index is 651. The van der Waals surface area contributed by atoms with E-state index in [0.29, 0.717) is 38.2 Å². The first-order chi connectivity index (χ1) is 11.6. The van der Waals surface area contributed by atoms with Crippen LogP contribution in [-0.2, 0) is 27.5 Å². The molecular formula is C18H21NO5. The van der Waals surface area contributed by atoms with Gasteiger partial charge in [-0.3, -0.25) is 9.59 Å². The molecule has 0 spiro atoms. The van der Waals surface area contributed by atoms with Crippen LogP contribution in [0.2, 0.25) is 0 Å². The van der Waals surface area contributed by atoms with Gasteiger partial charge in [0.15, 0.2) is 0 Å². The van der Waals surface area contributed by atoms with Crippen molar-refractivity contribution in [3.8, 4) is 0 Å². The summed E-state index contributed by atoms with van der Waals surface area (Å²) in [6.45, 7) is 0.816. The predicted octanol–water partition coefficient (Wildman–Crippen LogP) is 3.58. The van der Waals surface area contributed by atoms with Crippen LogP contribution in [0.15, 0.2) is 47.1 Å². The van der Waals surface area contributed by atoms with Gasteiger partial charge >= 0.3 is 5.97 Å². The molecule has 1 aromatic heterocycles. The summed E-state index contributed by atoms with van der Waals surface area (Å²) in [6, 6.07) is 11.1. The van der Waals surface area contributed by atoms with Crippen LogP contribution in [0.4, 0.5) is 5.69 Å². The smallest absolute Gasteiger partial charge is 0.303 e. The molecule has 0 saturated carbocycles. The lowest BCUT2D eigenvalue weighted by atomic mass is 10.1. The highest BCUT2D eigenvalue weighted by Gasteiger charge is 2.05. The van der Waals surface area contributed by atoms with Crippen molar-refractivity contribution in [2.24, 2.45) is 0 Å². The number of hydrogen-bond donors (Lipinski definition) is 2. The summed E-state index contributed by atoms with van der Waals surface area (Å²) in [5, 5.41) is 11.4. The third-order valence-electron chi connectivity index (χ3n) is 3.35. The molecule has 0 radical (unpaired) electrons. The van der Waals surface area contributed by atoms with Gasteiger partial charge in [-0.15, -0.1) is 0 Å². The van der Waals surface area contributed by atoms with E-state index in [-0.39, 0.29) is 12.3 Å². The first-order valence-electron chi connectivity index (χ1n) is 7.84. The van der Waals surface area contributed by atoms with Crippen molar-refractivity contribution < 1.29 is 23.8 Å². The summed E-state index contributed by atoms with van der Waals surface area (Å²) in [4.78, 5) is 22.3. The van der Waals surface area contributed by atoms with Gasteiger partial charge < -0.3 is 19.6 Å². The van der Waals surface area contributed by atoms with Crippen LogP contribution in [0.3, 0.4) is 0 Å². The number of carbonyl (C=O) groups excluding carboxylic acids is 1. The van der Waals surface area contributed by atoms with Crippen LogP contribution in [-0.4, -0.2) is 17.0 Å². The molecular weight excluding hydrogens is 310 g/mol. The van der Waals surface area contributed by atoms with Crippen LogP contribution in [0.5, 0.6) is 0 Å². The summed E-state index contributed by atoms with van der Waals surface area (Å²) in [7, 11) is 0. The van der Waals surface area contributed by atoms with Crippen molar-refractivity contribution >= 4 is 17.6 Å². The Morgan fingerprint density at radius 1 is 1.08 bits per heavy atom. The highest BCUT2D eigenvalue weighted by Crippen LogP contribution is 2.14. The number of carbonyl (C=O) groups is 2. The number of benzene rings is 1. The number of carboxylic acids is 1. The van der Waals surface area contributed by atoms with E-state index in [0.717, 1.165) is 11.3 Å². The number of anilines is 1. The molecule has 0 aliphatic carbocycles. The van der Waals surface area contributed by atoms with Gasteiger partial charge in [0.2, 0.25) is 5.91 Å². The maximum Gasteiger partial charge on any atom is 0.303 e. The monoisotopic (exact) mass is 331 g/mol. The topological polar surface area (TPSA) is 88.8 Å². The van der Waals surface area contributed by atoms with Crippen LogP contribution in [0, 0.1) is 0 Å². The largest absolute Gasteiger partial charge is 0.481 e. The maximum absolute atomic E-state index is 11.8. The highest BCUT2D eigenvalue weighted by molar-refractivity contribution is 5.90. The Kier molecular flexibility index (Phi) is 7.04. The second kappa shape index (κ2) is 9.52. The molecule has 128 valence electrons. The number of carboxylic acid groups (broad SMARTS) is 1. The Morgan fingerprint density at radius 3 is 2.67 bits per heavy atom. The second-order valence-electron chi connectivity index (χ2n) is 5.42. The van der Waals surface area contributed by atoms with Gasteiger partial charge in [-0.2, -0.15) is 0 Å². The fourth-order valence-corrected chi connectivity index (χ4v) is 2.19. The number of nitrogens with one attached hydrogen (secondary N) is 1. The standard InChI is InChI=1S/C18H21NO5/c20-17(8-1-2-9-18(21)22)19-15-6-3-5-14(11-15)12-23-13-16-7-4-10-24-16/h3-7,10-11H,1-2,8-9,12-13H2,(H,19,20)(H,21,22). The molecule has 1 aromatic carbocycles. The Hall–Kier alpha value is -2.60. The summed E-state index contributed by atoms with van der Waals surface area (Å²) < 4.78 is 10.8. The van der Waals surface area contributed by atoms with Gasteiger partial charge in [0.25, 0.3) is 0 Å². The molecule has 0 aliphatic rings. The highest BCUT2D eigenvalue weighted by atomic mass is 16.5. The third kappa shape index (κ3) is 6.66. The molecule has 2 N–H and O–H groups in total. The van der Waals surface area contributed by atoms with E-state index in [1.165, 1.54) is 0 Å². The fraction of sp³-hybridized carbons (Fsp3) is 0.333. The summed E-state index contributed by atoms with van der Waals surface area (Å²) in [6.07, 6.45) is 3.07. The number of furan rings is 1. The number of rotatable bonds is 10. The quantitative estimate of drug-likeness (QED) is 0.650. The minimum Gasteiger partial charge on any atom is -0.481 e. The molecule has 1 amide bonds. The fourth-order valence-electron chi connectivity index (χ4n) is 2.19. The predicted molar refractivity (Wildman–Crippen MR) is 88.4 cm³/mol. The van der Waals surface area contributed by atoms with Crippen LogP contribution in [0.1, 0.15) is 37.0 Å². The van der Waals surface area contributed by atoms with Gasteiger partial charge in [-0.1, -0.05) is 12.1 Å². The van der Waals surface area contributed by atoms with Gasteiger partial charge in [-0.05, 0) is 42.7 Å². The van der Waals surface area contributed by atoms with E-state index in [9.17, 15) is 9.59 Å².